The number of methoxy groups -OCH3 is 1. The minimum Gasteiger partial charge on any atom is -0.475 e. The molecule has 0 saturated carbocycles. The third kappa shape index (κ3) is 3.17. The average Bonchev–Trinajstić information content (AvgIpc) is 2.47. The number of aromatic nitrogens is 2. The van der Waals surface area contributed by atoms with Crippen molar-refractivity contribution in [2.45, 2.75) is 19.6 Å². The SMILES string of the molecule is COCCn1c(=O)c(OC(C)C(N)=O)cc2cc(N)cnc21. The van der Waals surface area contributed by atoms with Crippen molar-refractivity contribution < 1.29 is 14.3 Å². The van der Waals surface area contributed by atoms with Gasteiger partial charge in [0, 0.05) is 12.5 Å². The van der Waals surface area contributed by atoms with Crippen LogP contribution in [-0.2, 0) is 16.1 Å². The van der Waals surface area contributed by atoms with E-state index in [1.807, 2.05) is 0 Å². The fourth-order valence-electron chi connectivity index (χ4n) is 1.98. The summed E-state index contributed by atoms with van der Waals surface area (Å²) in [7, 11) is 1.54. The molecule has 1 unspecified atom stereocenters. The zero-order valence-corrected chi connectivity index (χ0v) is 12.4. The molecule has 8 nitrogen and oxygen atoms in total. The van der Waals surface area contributed by atoms with Gasteiger partial charge in [0.15, 0.2) is 11.9 Å². The van der Waals surface area contributed by atoms with Crippen LogP contribution in [0.3, 0.4) is 0 Å². The van der Waals surface area contributed by atoms with Gasteiger partial charge in [-0.25, -0.2) is 4.98 Å². The quantitative estimate of drug-likeness (QED) is 0.767. The van der Waals surface area contributed by atoms with Crippen LogP contribution in [0.2, 0.25) is 0 Å². The number of pyridine rings is 2. The summed E-state index contributed by atoms with van der Waals surface area (Å²) < 4.78 is 11.8. The van der Waals surface area contributed by atoms with E-state index in [2.05, 4.69) is 4.98 Å². The third-order valence-electron chi connectivity index (χ3n) is 3.14. The molecule has 0 aliphatic heterocycles. The highest BCUT2D eigenvalue weighted by molar-refractivity contribution is 5.81. The van der Waals surface area contributed by atoms with E-state index in [0.29, 0.717) is 29.9 Å². The van der Waals surface area contributed by atoms with Crippen LogP contribution in [0.5, 0.6) is 5.75 Å². The Balaban J connectivity index is 2.59. The standard InChI is InChI=1S/C14H18N4O4/c1-8(12(16)19)22-11-6-9-5-10(15)7-17-13(9)18(14(11)20)3-4-21-2/h5-8H,3-4,15H2,1-2H3,(H2,16,19). The smallest absolute Gasteiger partial charge is 0.294 e. The van der Waals surface area contributed by atoms with Crippen LogP contribution in [0.4, 0.5) is 5.69 Å². The summed E-state index contributed by atoms with van der Waals surface area (Å²) in [5.41, 5.74) is 11.4. The Bertz CT molecular complexity index is 756. The number of rotatable bonds is 6. The Morgan fingerprint density at radius 3 is 2.82 bits per heavy atom. The van der Waals surface area contributed by atoms with Gasteiger partial charge in [0.1, 0.15) is 5.65 Å². The monoisotopic (exact) mass is 306 g/mol. The number of amides is 1. The number of anilines is 1. The van der Waals surface area contributed by atoms with Crippen molar-refractivity contribution in [1.29, 1.82) is 0 Å². The molecular formula is C14H18N4O4. The molecule has 2 rings (SSSR count). The number of carbonyl (C=O) groups is 1. The first-order chi connectivity index (χ1) is 10.4. The number of nitrogens with zero attached hydrogens (tertiary/aromatic N) is 2. The molecule has 8 heteroatoms. The van der Waals surface area contributed by atoms with Crippen LogP contribution in [-0.4, -0.2) is 35.3 Å². The number of fused-ring (bicyclic) bond motifs is 1. The van der Waals surface area contributed by atoms with Crippen molar-refractivity contribution >= 4 is 22.6 Å². The maximum absolute atomic E-state index is 12.5. The second-order valence-corrected chi connectivity index (χ2v) is 4.80. The summed E-state index contributed by atoms with van der Waals surface area (Å²) in [6.45, 7) is 2.10. The first-order valence-corrected chi connectivity index (χ1v) is 6.68. The van der Waals surface area contributed by atoms with Crippen molar-refractivity contribution in [3.63, 3.8) is 0 Å². The lowest BCUT2D eigenvalue weighted by Crippen LogP contribution is -2.34. The minimum atomic E-state index is -0.921. The Labute approximate surface area is 126 Å². The molecule has 0 radical (unpaired) electrons. The minimum absolute atomic E-state index is 0.0160. The molecule has 118 valence electrons. The topological polar surface area (TPSA) is 122 Å². The van der Waals surface area contributed by atoms with Crippen LogP contribution in [0.1, 0.15) is 6.92 Å². The maximum atomic E-state index is 12.5. The van der Waals surface area contributed by atoms with E-state index in [0.717, 1.165) is 0 Å². The van der Waals surface area contributed by atoms with E-state index >= 15 is 0 Å². The van der Waals surface area contributed by atoms with Gasteiger partial charge in [-0.15, -0.1) is 0 Å². The fourth-order valence-corrected chi connectivity index (χ4v) is 1.98. The second-order valence-electron chi connectivity index (χ2n) is 4.80. The molecule has 0 fully saturated rings. The van der Waals surface area contributed by atoms with Crippen LogP contribution >= 0.6 is 0 Å². The number of ether oxygens (including phenoxy) is 2. The summed E-state index contributed by atoms with van der Waals surface area (Å²) in [6, 6.07) is 3.18. The van der Waals surface area contributed by atoms with Gasteiger partial charge in [-0.05, 0) is 19.1 Å². The zero-order valence-electron chi connectivity index (χ0n) is 12.4. The Morgan fingerprint density at radius 1 is 1.45 bits per heavy atom. The highest BCUT2D eigenvalue weighted by Crippen LogP contribution is 2.18. The van der Waals surface area contributed by atoms with E-state index in [1.165, 1.54) is 30.9 Å². The third-order valence-corrected chi connectivity index (χ3v) is 3.14. The molecule has 2 aromatic heterocycles. The first kappa shape index (κ1) is 15.8. The number of hydrogen-bond donors (Lipinski definition) is 2. The van der Waals surface area contributed by atoms with E-state index in [1.54, 1.807) is 6.07 Å². The molecule has 1 amide bonds. The predicted molar refractivity (Wildman–Crippen MR) is 81.6 cm³/mol. The van der Waals surface area contributed by atoms with Gasteiger partial charge < -0.3 is 20.9 Å². The highest BCUT2D eigenvalue weighted by atomic mass is 16.5. The lowest BCUT2D eigenvalue weighted by Gasteiger charge is -2.15. The van der Waals surface area contributed by atoms with Gasteiger partial charge in [-0.2, -0.15) is 0 Å². The van der Waals surface area contributed by atoms with E-state index in [-0.39, 0.29) is 5.75 Å². The van der Waals surface area contributed by atoms with Crippen molar-refractivity contribution in [2.24, 2.45) is 5.73 Å². The molecule has 0 bridgehead atoms. The summed E-state index contributed by atoms with van der Waals surface area (Å²) in [4.78, 5) is 27.8. The lowest BCUT2D eigenvalue weighted by atomic mass is 10.2. The molecule has 0 aromatic carbocycles. The van der Waals surface area contributed by atoms with E-state index in [9.17, 15) is 9.59 Å². The van der Waals surface area contributed by atoms with Crippen molar-refractivity contribution in [1.82, 2.24) is 9.55 Å². The van der Waals surface area contributed by atoms with E-state index < -0.39 is 17.6 Å². The van der Waals surface area contributed by atoms with E-state index in [4.69, 9.17) is 20.9 Å². The Hall–Kier alpha value is -2.61. The normalized spacial score (nSPS) is 12.3. The van der Waals surface area contributed by atoms with Crippen molar-refractivity contribution in [3.8, 4) is 5.75 Å². The van der Waals surface area contributed by atoms with Gasteiger partial charge >= 0.3 is 0 Å². The van der Waals surface area contributed by atoms with Crippen LogP contribution in [0.15, 0.2) is 23.1 Å². The zero-order chi connectivity index (χ0) is 16.3. The number of carbonyl (C=O) groups excluding carboxylic acids is 1. The number of primary amides is 1. The molecule has 0 aliphatic carbocycles. The van der Waals surface area contributed by atoms with Crippen molar-refractivity contribution in [3.05, 3.63) is 28.7 Å². The Kier molecular flexibility index (Phi) is 4.62. The van der Waals surface area contributed by atoms with Crippen LogP contribution < -0.4 is 21.8 Å². The van der Waals surface area contributed by atoms with Gasteiger partial charge in [0.25, 0.3) is 11.5 Å². The molecule has 0 aliphatic rings. The number of nitrogens with two attached hydrogens (primary N) is 2. The number of nitrogen functional groups attached to an aromatic ring is 1. The summed E-state index contributed by atoms with van der Waals surface area (Å²) >= 11 is 0. The fraction of sp³-hybridized carbons (Fsp3) is 0.357. The summed E-state index contributed by atoms with van der Waals surface area (Å²) in [6.07, 6.45) is 0.549. The van der Waals surface area contributed by atoms with Gasteiger partial charge in [0.2, 0.25) is 0 Å². The first-order valence-electron chi connectivity index (χ1n) is 6.68. The largest absolute Gasteiger partial charge is 0.475 e. The molecular weight excluding hydrogens is 288 g/mol. The molecule has 2 aromatic rings. The van der Waals surface area contributed by atoms with Gasteiger partial charge in [0.05, 0.1) is 25.0 Å². The van der Waals surface area contributed by atoms with Gasteiger partial charge in [-0.3, -0.25) is 14.2 Å². The molecule has 4 N–H and O–H groups in total. The molecule has 1 atom stereocenters. The summed E-state index contributed by atoms with van der Waals surface area (Å²) in [5.74, 6) is -0.643. The lowest BCUT2D eigenvalue weighted by molar-refractivity contribution is -0.124. The molecule has 22 heavy (non-hydrogen) atoms. The van der Waals surface area contributed by atoms with Gasteiger partial charge in [-0.1, -0.05) is 0 Å². The number of hydrogen-bond acceptors (Lipinski definition) is 6. The Morgan fingerprint density at radius 2 is 2.18 bits per heavy atom. The average molecular weight is 306 g/mol. The molecule has 0 saturated heterocycles. The molecule has 2 heterocycles. The maximum Gasteiger partial charge on any atom is 0.294 e. The second kappa shape index (κ2) is 6.44. The van der Waals surface area contributed by atoms with Crippen molar-refractivity contribution in [2.75, 3.05) is 19.5 Å². The highest BCUT2D eigenvalue weighted by Gasteiger charge is 2.16. The summed E-state index contributed by atoms with van der Waals surface area (Å²) in [5, 5.41) is 0.627. The van der Waals surface area contributed by atoms with Crippen LogP contribution in [0, 0.1) is 0 Å². The van der Waals surface area contributed by atoms with Crippen LogP contribution in [0.25, 0.3) is 11.0 Å². The predicted octanol–water partition coefficient (Wildman–Crippen LogP) is -0.122. The molecule has 0 spiro atoms.